The summed E-state index contributed by atoms with van der Waals surface area (Å²) in [6.07, 6.45) is 6.27. The van der Waals surface area contributed by atoms with Crippen molar-refractivity contribution in [2.75, 3.05) is 0 Å². The molecule has 0 aromatic heterocycles. The Bertz CT molecular complexity index is 818. The van der Waals surface area contributed by atoms with Gasteiger partial charge in [0.1, 0.15) is 12.0 Å². The molecule has 1 fully saturated rings. The van der Waals surface area contributed by atoms with Crippen LogP contribution in [0.15, 0.2) is 45.0 Å². The van der Waals surface area contributed by atoms with Crippen molar-refractivity contribution in [1.29, 1.82) is 0 Å². The van der Waals surface area contributed by atoms with Crippen LogP contribution in [0.2, 0.25) is 0 Å². The number of Topliss-reactive ketones (excluding diaryl/α,β-unsaturated/α-hetero) is 1. The van der Waals surface area contributed by atoms with E-state index in [4.69, 9.17) is 9.73 Å². The second kappa shape index (κ2) is 7.70. The maximum atomic E-state index is 13.2. The highest BCUT2D eigenvalue weighted by Crippen LogP contribution is 2.44. The summed E-state index contributed by atoms with van der Waals surface area (Å²) in [4.78, 5) is 30.7. The number of carbonyl (C=O) groups is 2. The molecule has 0 N–H and O–H groups in total. The number of rotatable bonds is 3. The van der Waals surface area contributed by atoms with E-state index in [0.29, 0.717) is 6.42 Å². The van der Waals surface area contributed by atoms with E-state index in [2.05, 4.69) is 15.9 Å². The lowest BCUT2D eigenvalue weighted by molar-refractivity contribution is -0.151. The lowest BCUT2D eigenvalue weighted by Crippen LogP contribution is -2.38. The standard InChI is InChI=1S/C22H24BrNO3/c1-13-19(22(26)27-16-5-2-3-6-16)20(14-9-11-15(23)12-10-14)21-17(24-13)7-4-8-18(21)25/h9-12,16,19-20H,2-8H2,1H3/t19?,20-/m1/s1. The van der Waals surface area contributed by atoms with Crippen molar-refractivity contribution in [3.05, 3.63) is 45.6 Å². The molecule has 1 saturated carbocycles. The van der Waals surface area contributed by atoms with Gasteiger partial charge in [-0.05, 0) is 63.1 Å². The molecule has 1 unspecified atom stereocenters. The average Bonchev–Trinajstić information content (AvgIpc) is 3.14. The minimum atomic E-state index is -0.521. The van der Waals surface area contributed by atoms with E-state index < -0.39 is 5.92 Å². The molecule has 1 aromatic rings. The van der Waals surface area contributed by atoms with Crippen LogP contribution in [-0.4, -0.2) is 23.6 Å². The van der Waals surface area contributed by atoms with E-state index in [0.717, 1.165) is 65.5 Å². The molecular formula is C22H24BrNO3. The predicted molar refractivity (Wildman–Crippen MR) is 108 cm³/mol. The van der Waals surface area contributed by atoms with Gasteiger partial charge in [0.05, 0.1) is 0 Å². The minimum Gasteiger partial charge on any atom is -0.462 e. The van der Waals surface area contributed by atoms with Crippen molar-refractivity contribution in [3.63, 3.8) is 0 Å². The minimum absolute atomic E-state index is 0.00769. The number of halogens is 1. The van der Waals surface area contributed by atoms with E-state index in [1.54, 1.807) is 0 Å². The van der Waals surface area contributed by atoms with Crippen molar-refractivity contribution < 1.29 is 14.3 Å². The van der Waals surface area contributed by atoms with E-state index in [-0.39, 0.29) is 23.8 Å². The third kappa shape index (κ3) is 3.66. The molecular weight excluding hydrogens is 406 g/mol. The van der Waals surface area contributed by atoms with Gasteiger partial charge in [0.25, 0.3) is 0 Å². The highest BCUT2D eigenvalue weighted by atomic mass is 79.9. The maximum absolute atomic E-state index is 13.2. The molecule has 0 amide bonds. The van der Waals surface area contributed by atoms with E-state index in [1.165, 1.54) is 0 Å². The number of hydrogen-bond donors (Lipinski definition) is 0. The van der Waals surface area contributed by atoms with Crippen LogP contribution in [0.1, 0.15) is 63.4 Å². The third-order valence-electron chi connectivity index (χ3n) is 5.90. The van der Waals surface area contributed by atoms with Gasteiger partial charge in [0, 0.05) is 33.8 Å². The number of aliphatic imine (C=N–C) groups is 1. The number of carbonyl (C=O) groups excluding carboxylic acids is 2. The van der Waals surface area contributed by atoms with Gasteiger partial charge in [0.2, 0.25) is 0 Å². The first-order valence-electron chi connectivity index (χ1n) is 9.82. The van der Waals surface area contributed by atoms with Gasteiger partial charge in [-0.25, -0.2) is 0 Å². The number of ether oxygens (including phenoxy) is 1. The normalized spacial score (nSPS) is 26.0. The second-order valence-corrected chi connectivity index (χ2v) is 8.66. The summed E-state index contributed by atoms with van der Waals surface area (Å²) < 4.78 is 6.82. The lowest BCUT2D eigenvalue weighted by Gasteiger charge is -2.35. The Labute approximate surface area is 168 Å². The number of benzene rings is 1. The molecule has 2 atom stereocenters. The van der Waals surface area contributed by atoms with Crippen molar-refractivity contribution in [3.8, 4) is 0 Å². The quantitative estimate of drug-likeness (QED) is 0.626. The van der Waals surface area contributed by atoms with Gasteiger partial charge in [-0.2, -0.15) is 0 Å². The number of esters is 1. The zero-order valence-electron chi connectivity index (χ0n) is 15.5. The summed E-state index contributed by atoms with van der Waals surface area (Å²) in [5, 5.41) is 0. The second-order valence-electron chi connectivity index (χ2n) is 7.74. The Balaban J connectivity index is 1.74. The summed E-state index contributed by atoms with van der Waals surface area (Å²) >= 11 is 3.47. The first-order chi connectivity index (χ1) is 13.0. The van der Waals surface area contributed by atoms with Gasteiger partial charge < -0.3 is 4.74 Å². The molecule has 0 radical (unpaired) electrons. The van der Waals surface area contributed by atoms with Crippen molar-refractivity contribution in [2.45, 2.75) is 63.9 Å². The van der Waals surface area contributed by atoms with Crippen LogP contribution in [0, 0.1) is 5.92 Å². The van der Waals surface area contributed by atoms with E-state index in [9.17, 15) is 9.59 Å². The zero-order chi connectivity index (χ0) is 19.0. The average molecular weight is 430 g/mol. The van der Waals surface area contributed by atoms with Gasteiger partial charge in [-0.3, -0.25) is 14.6 Å². The van der Waals surface area contributed by atoms with Crippen molar-refractivity contribution in [2.24, 2.45) is 10.9 Å². The number of hydrogen-bond acceptors (Lipinski definition) is 4. The molecule has 3 aliphatic rings. The van der Waals surface area contributed by atoms with E-state index in [1.807, 2.05) is 31.2 Å². The van der Waals surface area contributed by atoms with Gasteiger partial charge in [-0.15, -0.1) is 0 Å². The molecule has 4 rings (SSSR count). The van der Waals surface area contributed by atoms with Crippen LogP contribution in [-0.2, 0) is 14.3 Å². The Morgan fingerprint density at radius 1 is 1.11 bits per heavy atom. The number of nitrogens with zero attached hydrogens (tertiary/aromatic N) is 1. The lowest BCUT2D eigenvalue weighted by atomic mass is 9.72. The number of allylic oxidation sites excluding steroid dienone is 2. The largest absolute Gasteiger partial charge is 0.462 e. The van der Waals surface area contributed by atoms with Crippen molar-refractivity contribution >= 4 is 33.4 Å². The highest BCUT2D eigenvalue weighted by molar-refractivity contribution is 9.10. The van der Waals surface area contributed by atoms with Crippen LogP contribution in [0.25, 0.3) is 0 Å². The molecule has 2 aliphatic carbocycles. The van der Waals surface area contributed by atoms with Crippen LogP contribution < -0.4 is 0 Å². The van der Waals surface area contributed by atoms with Crippen LogP contribution in [0.4, 0.5) is 0 Å². The maximum Gasteiger partial charge on any atom is 0.315 e. The Kier molecular flexibility index (Phi) is 5.31. The molecule has 5 heteroatoms. The Hall–Kier alpha value is -1.75. The molecule has 4 nitrogen and oxygen atoms in total. The first kappa shape index (κ1) is 18.6. The summed E-state index contributed by atoms with van der Waals surface area (Å²) in [6.45, 7) is 1.90. The Morgan fingerprint density at radius 2 is 1.81 bits per heavy atom. The van der Waals surface area contributed by atoms with Gasteiger partial charge >= 0.3 is 5.97 Å². The third-order valence-corrected chi connectivity index (χ3v) is 6.43. The smallest absolute Gasteiger partial charge is 0.315 e. The summed E-state index contributed by atoms with van der Waals surface area (Å²) in [5.41, 5.74) is 3.33. The van der Waals surface area contributed by atoms with Crippen LogP contribution >= 0.6 is 15.9 Å². The molecule has 0 spiro atoms. The number of ketones is 1. The summed E-state index contributed by atoms with van der Waals surface area (Å²) in [7, 11) is 0. The zero-order valence-corrected chi connectivity index (χ0v) is 17.1. The topological polar surface area (TPSA) is 55.7 Å². The molecule has 1 heterocycles. The van der Waals surface area contributed by atoms with Crippen molar-refractivity contribution in [1.82, 2.24) is 0 Å². The first-order valence-corrected chi connectivity index (χ1v) is 10.6. The molecule has 0 saturated heterocycles. The van der Waals surface area contributed by atoms with Gasteiger partial charge in [0.15, 0.2) is 5.78 Å². The molecule has 1 aliphatic heterocycles. The van der Waals surface area contributed by atoms with E-state index >= 15 is 0 Å². The fourth-order valence-corrected chi connectivity index (χ4v) is 4.85. The summed E-state index contributed by atoms with van der Waals surface area (Å²) in [6, 6.07) is 7.91. The summed E-state index contributed by atoms with van der Waals surface area (Å²) in [5.74, 6) is -0.931. The SMILES string of the molecule is CC1=NC2=C(C(=O)CCC2)[C@H](c2ccc(Br)cc2)C1C(=O)OC1CCCC1. The van der Waals surface area contributed by atoms with Crippen LogP contribution in [0.5, 0.6) is 0 Å². The van der Waals surface area contributed by atoms with Crippen LogP contribution in [0.3, 0.4) is 0 Å². The highest BCUT2D eigenvalue weighted by Gasteiger charge is 2.43. The molecule has 142 valence electrons. The fraction of sp³-hybridized carbons (Fsp3) is 0.500. The fourth-order valence-electron chi connectivity index (χ4n) is 4.59. The molecule has 1 aromatic carbocycles. The molecule has 27 heavy (non-hydrogen) atoms. The molecule has 0 bridgehead atoms. The monoisotopic (exact) mass is 429 g/mol. The predicted octanol–water partition coefficient (Wildman–Crippen LogP) is 5.12. The Morgan fingerprint density at radius 3 is 2.52 bits per heavy atom. The van der Waals surface area contributed by atoms with Gasteiger partial charge in [-0.1, -0.05) is 28.1 Å².